The quantitative estimate of drug-likeness (QED) is 0.580. The zero-order chi connectivity index (χ0) is 17.3. The van der Waals surface area contributed by atoms with Gasteiger partial charge in [0.2, 0.25) is 10.0 Å². The van der Waals surface area contributed by atoms with E-state index in [1.54, 1.807) is 24.3 Å². The van der Waals surface area contributed by atoms with Crippen molar-refractivity contribution in [2.24, 2.45) is 0 Å². The maximum absolute atomic E-state index is 12.5. The van der Waals surface area contributed by atoms with Crippen LogP contribution in [0.25, 0.3) is 11.0 Å². The minimum atomic E-state index is -3.39. The summed E-state index contributed by atoms with van der Waals surface area (Å²) in [5.41, 5.74) is 0.220. The van der Waals surface area contributed by atoms with Gasteiger partial charge in [-0.15, -0.1) is 0 Å². The monoisotopic (exact) mass is 343 g/mol. The van der Waals surface area contributed by atoms with Gasteiger partial charge in [-0.3, -0.25) is 9.52 Å². The molecule has 3 aromatic rings. The Balaban J connectivity index is 1.97. The normalized spacial score (nSPS) is 11.4. The van der Waals surface area contributed by atoms with Crippen molar-refractivity contribution in [3.63, 3.8) is 0 Å². The summed E-state index contributed by atoms with van der Waals surface area (Å²) in [6.45, 7) is 0. The molecule has 0 atom stereocenters. The lowest BCUT2D eigenvalue weighted by Gasteiger charge is -2.05. The van der Waals surface area contributed by atoms with E-state index in [4.69, 9.17) is 4.42 Å². The summed E-state index contributed by atoms with van der Waals surface area (Å²) in [7, 11) is -3.39. The molecule has 0 aliphatic carbocycles. The number of nitrogens with one attached hydrogen (secondary N) is 1. The van der Waals surface area contributed by atoms with Crippen LogP contribution in [0.15, 0.2) is 63.8 Å². The largest absolute Gasteiger partial charge is 0.422 e. The van der Waals surface area contributed by atoms with E-state index in [0.717, 1.165) is 6.26 Å². The Hall–Kier alpha value is -2.93. The first-order valence-electron chi connectivity index (χ1n) is 6.99. The number of sulfonamides is 1. The second-order valence-corrected chi connectivity index (χ2v) is 7.01. The van der Waals surface area contributed by atoms with Crippen LogP contribution in [0.3, 0.4) is 0 Å². The van der Waals surface area contributed by atoms with Gasteiger partial charge in [0.05, 0.1) is 6.26 Å². The Labute approximate surface area is 137 Å². The van der Waals surface area contributed by atoms with Crippen molar-refractivity contribution in [1.82, 2.24) is 0 Å². The van der Waals surface area contributed by atoms with Gasteiger partial charge in [-0.05, 0) is 36.4 Å². The van der Waals surface area contributed by atoms with Gasteiger partial charge in [0.15, 0.2) is 5.78 Å². The van der Waals surface area contributed by atoms with Crippen molar-refractivity contribution in [2.75, 3.05) is 11.0 Å². The predicted molar refractivity (Wildman–Crippen MR) is 90.8 cm³/mol. The lowest BCUT2D eigenvalue weighted by atomic mass is 10.0. The van der Waals surface area contributed by atoms with E-state index >= 15 is 0 Å². The highest BCUT2D eigenvalue weighted by atomic mass is 32.2. The van der Waals surface area contributed by atoms with E-state index in [9.17, 15) is 18.0 Å². The summed E-state index contributed by atoms with van der Waals surface area (Å²) in [6.07, 6.45) is 1.03. The molecular formula is C17H13NO5S. The Morgan fingerprint density at radius 3 is 2.38 bits per heavy atom. The van der Waals surface area contributed by atoms with E-state index in [1.807, 2.05) is 0 Å². The molecule has 1 heterocycles. The number of rotatable bonds is 4. The Morgan fingerprint density at radius 1 is 1.04 bits per heavy atom. The van der Waals surface area contributed by atoms with Gasteiger partial charge in [0.25, 0.3) is 0 Å². The third-order valence-corrected chi connectivity index (χ3v) is 3.94. The lowest BCUT2D eigenvalue weighted by Crippen LogP contribution is -2.15. The summed E-state index contributed by atoms with van der Waals surface area (Å²) >= 11 is 0. The molecule has 0 unspecified atom stereocenters. The molecule has 2 aromatic carbocycles. The fraction of sp³-hybridized carbons (Fsp3) is 0.0588. The van der Waals surface area contributed by atoms with Crippen LogP contribution < -0.4 is 10.3 Å². The molecule has 0 amide bonds. The smallest absolute Gasteiger partial charge is 0.347 e. The van der Waals surface area contributed by atoms with Crippen LogP contribution in [0, 0.1) is 0 Å². The van der Waals surface area contributed by atoms with E-state index in [0.29, 0.717) is 16.7 Å². The predicted octanol–water partition coefficient (Wildman–Crippen LogP) is 2.40. The highest BCUT2D eigenvalue weighted by molar-refractivity contribution is 7.92. The van der Waals surface area contributed by atoms with Crippen molar-refractivity contribution in [3.8, 4) is 0 Å². The first-order chi connectivity index (χ1) is 11.3. The van der Waals surface area contributed by atoms with Gasteiger partial charge in [-0.25, -0.2) is 13.2 Å². The molecule has 0 saturated carbocycles. The van der Waals surface area contributed by atoms with Gasteiger partial charge in [-0.2, -0.15) is 0 Å². The third-order valence-electron chi connectivity index (χ3n) is 3.34. The van der Waals surface area contributed by atoms with E-state index in [2.05, 4.69) is 4.72 Å². The maximum atomic E-state index is 12.5. The van der Waals surface area contributed by atoms with Crippen LogP contribution in [-0.4, -0.2) is 20.5 Å². The molecule has 3 rings (SSSR count). The Morgan fingerprint density at radius 2 is 1.71 bits per heavy atom. The zero-order valence-corrected chi connectivity index (χ0v) is 13.5. The lowest BCUT2D eigenvalue weighted by molar-refractivity contribution is 0.103. The molecule has 0 aliphatic heterocycles. The van der Waals surface area contributed by atoms with Crippen molar-refractivity contribution in [2.45, 2.75) is 0 Å². The van der Waals surface area contributed by atoms with E-state index < -0.39 is 21.4 Å². The first-order valence-corrected chi connectivity index (χ1v) is 8.88. The van der Waals surface area contributed by atoms with Crippen LogP contribution in [0.2, 0.25) is 0 Å². The number of benzene rings is 2. The van der Waals surface area contributed by atoms with Crippen LogP contribution in [0.1, 0.15) is 15.9 Å². The number of hydrogen-bond donors (Lipinski definition) is 1. The molecule has 6 nitrogen and oxygen atoms in total. The molecule has 7 heteroatoms. The second kappa shape index (κ2) is 5.93. The summed E-state index contributed by atoms with van der Waals surface area (Å²) in [4.78, 5) is 24.5. The molecular weight excluding hydrogens is 330 g/mol. The van der Waals surface area contributed by atoms with Crippen molar-refractivity contribution >= 4 is 32.5 Å². The molecule has 24 heavy (non-hydrogen) atoms. The van der Waals surface area contributed by atoms with Gasteiger partial charge in [0, 0.05) is 16.6 Å². The first kappa shape index (κ1) is 15.9. The molecule has 0 spiro atoms. The van der Waals surface area contributed by atoms with Gasteiger partial charge < -0.3 is 4.42 Å². The molecule has 0 bridgehead atoms. The SMILES string of the molecule is CS(=O)(=O)Nc1ccc(C(=O)c2cc3ccccc3oc2=O)cc1. The van der Waals surface area contributed by atoms with E-state index in [-0.39, 0.29) is 11.1 Å². The number of fused-ring (bicyclic) bond motifs is 1. The fourth-order valence-electron chi connectivity index (χ4n) is 2.28. The highest BCUT2D eigenvalue weighted by Crippen LogP contribution is 2.17. The summed E-state index contributed by atoms with van der Waals surface area (Å²) in [5, 5.41) is 0.649. The molecule has 1 aromatic heterocycles. The second-order valence-electron chi connectivity index (χ2n) is 5.27. The average molecular weight is 343 g/mol. The summed E-state index contributed by atoms with van der Waals surface area (Å²) < 4.78 is 29.8. The molecule has 0 aliphatic rings. The topological polar surface area (TPSA) is 93.4 Å². The Bertz CT molecular complexity index is 1080. The summed E-state index contributed by atoms with van der Waals surface area (Å²) in [6, 6.07) is 14.2. The van der Waals surface area contributed by atoms with Crippen LogP contribution in [-0.2, 0) is 10.0 Å². The van der Waals surface area contributed by atoms with Crippen molar-refractivity contribution < 1.29 is 17.6 Å². The minimum Gasteiger partial charge on any atom is -0.422 e. The number of anilines is 1. The molecule has 1 N–H and O–H groups in total. The Kier molecular flexibility index (Phi) is 3.94. The van der Waals surface area contributed by atoms with Crippen LogP contribution >= 0.6 is 0 Å². The molecule has 0 fully saturated rings. The average Bonchev–Trinajstić information content (AvgIpc) is 2.53. The third kappa shape index (κ3) is 3.36. The van der Waals surface area contributed by atoms with Crippen LogP contribution in [0.5, 0.6) is 0 Å². The minimum absolute atomic E-state index is 0.0717. The number of ketones is 1. The highest BCUT2D eigenvalue weighted by Gasteiger charge is 2.16. The van der Waals surface area contributed by atoms with Crippen LogP contribution in [0.4, 0.5) is 5.69 Å². The van der Waals surface area contributed by atoms with Gasteiger partial charge in [-0.1, -0.05) is 18.2 Å². The molecule has 0 saturated heterocycles. The number of hydrogen-bond acceptors (Lipinski definition) is 5. The summed E-state index contributed by atoms with van der Waals surface area (Å²) in [5.74, 6) is -0.486. The van der Waals surface area contributed by atoms with Gasteiger partial charge in [0.1, 0.15) is 11.1 Å². The zero-order valence-electron chi connectivity index (χ0n) is 12.6. The standard InChI is InChI=1S/C17H13NO5S/c1-24(21,22)18-13-8-6-11(7-9-13)16(19)14-10-12-4-2-3-5-15(12)23-17(14)20/h2-10,18H,1H3. The molecule has 0 radical (unpaired) electrons. The van der Waals surface area contributed by atoms with Crippen molar-refractivity contribution in [3.05, 3.63) is 76.1 Å². The van der Waals surface area contributed by atoms with Crippen molar-refractivity contribution in [1.29, 1.82) is 0 Å². The maximum Gasteiger partial charge on any atom is 0.347 e. The number of carbonyl (C=O) groups is 1. The number of para-hydroxylation sites is 1. The fourth-order valence-corrected chi connectivity index (χ4v) is 2.84. The molecule has 122 valence electrons. The van der Waals surface area contributed by atoms with E-state index in [1.165, 1.54) is 30.3 Å². The number of carbonyl (C=O) groups excluding carboxylic acids is 1. The van der Waals surface area contributed by atoms with Gasteiger partial charge >= 0.3 is 5.63 Å².